The quantitative estimate of drug-likeness (QED) is 0.806. The number of likely N-dealkylation sites (N-methyl/N-ethyl adjacent to an activating group) is 1. The van der Waals surface area contributed by atoms with Crippen molar-refractivity contribution >= 4 is 17.2 Å². The standard InChI is InChI=1S/C17H23N3O2S/c1-20(2)11-10-18-16(21)9-6-14-12-23-17(19-14)13-4-7-15(22-3)8-5-13/h4-5,7-8,12H,6,9-11H2,1-3H3,(H,18,21). The molecule has 23 heavy (non-hydrogen) atoms. The fourth-order valence-electron chi connectivity index (χ4n) is 2.04. The first-order valence-electron chi connectivity index (χ1n) is 7.58. The van der Waals surface area contributed by atoms with Gasteiger partial charge in [-0.1, -0.05) is 0 Å². The van der Waals surface area contributed by atoms with Crippen LogP contribution in [0.25, 0.3) is 10.6 Å². The summed E-state index contributed by atoms with van der Waals surface area (Å²) in [5.41, 5.74) is 2.03. The van der Waals surface area contributed by atoms with Crippen molar-refractivity contribution < 1.29 is 9.53 Å². The first-order chi connectivity index (χ1) is 11.1. The highest BCUT2D eigenvalue weighted by Crippen LogP contribution is 2.26. The second-order valence-electron chi connectivity index (χ2n) is 5.53. The monoisotopic (exact) mass is 333 g/mol. The van der Waals surface area contributed by atoms with Crippen molar-refractivity contribution in [2.24, 2.45) is 0 Å². The van der Waals surface area contributed by atoms with Gasteiger partial charge in [-0.3, -0.25) is 4.79 Å². The molecule has 0 saturated carbocycles. The minimum Gasteiger partial charge on any atom is -0.497 e. The Labute approximate surface area is 141 Å². The fraction of sp³-hybridized carbons (Fsp3) is 0.412. The van der Waals surface area contributed by atoms with E-state index < -0.39 is 0 Å². The van der Waals surface area contributed by atoms with E-state index in [2.05, 4.69) is 10.3 Å². The molecule has 0 aliphatic carbocycles. The molecule has 0 spiro atoms. The Kier molecular flexibility index (Phi) is 6.55. The number of carbonyl (C=O) groups is 1. The lowest BCUT2D eigenvalue weighted by molar-refractivity contribution is -0.121. The van der Waals surface area contributed by atoms with Gasteiger partial charge in [-0.25, -0.2) is 4.98 Å². The number of hydrogen-bond acceptors (Lipinski definition) is 5. The number of amides is 1. The Balaban J connectivity index is 1.83. The van der Waals surface area contributed by atoms with Crippen LogP contribution in [-0.2, 0) is 11.2 Å². The van der Waals surface area contributed by atoms with Gasteiger partial charge in [-0.15, -0.1) is 11.3 Å². The molecule has 1 N–H and O–H groups in total. The molecule has 0 atom stereocenters. The van der Waals surface area contributed by atoms with Gasteiger partial charge >= 0.3 is 0 Å². The molecule has 0 fully saturated rings. The number of aryl methyl sites for hydroxylation is 1. The summed E-state index contributed by atoms with van der Waals surface area (Å²) in [4.78, 5) is 18.4. The Morgan fingerprint density at radius 3 is 2.70 bits per heavy atom. The summed E-state index contributed by atoms with van der Waals surface area (Å²) in [6.45, 7) is 1.53. The second-order valence-corrected chi connectivity index (χ2v) is 6.38. The molecule has 124 valence electrons. The fourth-order valence-corrected chi connectivity index (χ4v) is 2.90. The molecule has 2 rings (SSSR count). The van der Waals surface area contributed by atoms with Gasteiger partial charge in [-0.2, -0.15) is 0 Å². The number of aromatic nitrogens is 1. The topological polar surface area (TPSA) is 54.5 Å². The van der Waals surface area contributed by atoms with E-state index in [9.17, 15) is 4.79 Å². The van der Waals surface area contributed by atoms with E-state index >= 15 is 0 Å². The van der Waals surface area contributed by atoms with Gasteiger partial charge in [0.05, 0.1) is 12.8 Å². The lowest BCUT2D eigenvalue weighted by atomic mass is 10.2. The Morgan fingerprint density at radius 2 is 2.04 bits per heavy atom. The first-order valence-corrected chi connectivity index (χ1v) is 8.46. The third-order valence-corrected chi connectivity index (χ3v) is 4.32. The molecule has 1 heterocycles. The van der Waals surface area contributed by atoms with Crippen molar-refractivity contribution in [3.05, 3.63) is 35.3 Å². The summed E-state index contributed by atoms with van der Waals surface area (Å²) < 4.78 is 5.16. The van der Waals surface area contributed by atoms with Gasteiger partial charge in [0.1, 0.15) is 10.8 Å². The maximum Gasteiger partial charge on any atom is 0.220 e. The lowest BCUT2D eigenvalue weighted by Crippen LogP contribution is -2.31. The van der Waals surface area contributed by atoms with Crippen LogP contribution in [0.3, 0.4) is 0 Å². The number of hydrogen-bond donors (Lipinski definition) is 1. The second kappa shape index (κ2) is 8.64. The molecule has 1 aromatic heterocycles. The highest BCUT2D eigenvalue weighted by molar-refractivity contribution is 7.13. The van der Waals surface area contributed by atoms with Gasteiger partial charge in [0, 0.05) is 30.5 Å². The number of nitrogens with one attached hydrogen (secondary N) is 1. The molecule has 0 aliphatic rings. The molecule has 5 nitrogen and oxygen atoms in total. The van der Waals surface area contributed by atoms with Crippen molar-refractivity contribution in [3.8, 4) is 16.3 Å². The highest BCUT2D eigenvalue weighted by atomic mass is 32.1. The normalized spacial score (nSPS) is 10.8. The Bertz CT molecular complexity index is 623. The molecule has 1 aromatic carbocycles. The summed E-state index contributed by atoms with van der Waals surface area (Å²) in [6.07, 6.45) is 1.14. The van der Waals surface area contributed by atoms with Crippen molar-refractivity contribution in [3.63, 3.8) is 0 Å². The summed E-state index contributed by atoms with van der Waals surface area (Å²) in [5.74, 6) is 0.908. The van der Waals surface area contributed by atoms with Crippen LogP contribution in [0.15, 0.2) is 29.6 Å². The van der Waals surface area contributed by atoms with Gasteiger partial charge in [0.15, 0.2) is 0 Å². The van der Waals surface area contributed by atoms with Crippen LogP contribution in [0.2, 0.25) is 0 Å². The number of methoxy groups -OCH3 is 1. The summed E-state index contributed by atoms with van der Waals surface area (Å²) >= 11 is 1.60. The number of nitrogens with zero attached hydrogens (tertiary/aromatic N) is 2. The number of rotatable bonds is 8. The van der Waals surface area contributed by atoms with E-state index in [1.165, 1.54) is 0 Å². The molecule has 1 amide bonds. The largest absolute Gasteiger partial charge is 0.497 e. The van der Waals surface area contributed by atoms with Gasteiger partial charge < -0.3 is 15.0 Å². The van der Waals surface area contributed by atoms with Crippen LogP contribution in [0.1, 0.15) is 12.1 Å². The minimum atomic E-state index is 0.0749. The zero-order chi connectivity index (χ0) is 16.7. The molecule has 0 radical (unpaired) electrons. The van der Waals surface area contributed by atoms with Crippen molar-refractivity contribution in [1.29, 1.82) is 0 Å². The van der Waals surface area contributed by atoms with E-state index in [1.807, 2.05) is 48.6 Å². The summed E-state index contributed by atoms with van der Waals surface area (Å²) in [6, 6.07) is 7.84. The lowest BCUT2D eigenvalue weighted by Gasteiger charge is -2.09. The van der Waals surface area contributed by atoms with E-state index in [0.29, 0.717) is 19.4 Å². The Hall–Kier alpha value is -1.92. The number of thiazole rings is 1. The molecule has 2 aromatic rings. The number of carbonyl (C=O) groups excluding carboxylic acids is 1. The molecular formula is C17H23N3O2S. The van der Waals surface area contributed by atoms with Crippen molar-refractivity contribution in [2.45, 2.75) is 12.8 Å². The van der Waals surface area contributed by atoms with Crippen LogP contribution >= 0.6 is 11.3 Å². The number of ether oxygens (including phenoxy) is 1. The molecule has 0 aliphatic heterocycles. The molecule has 0 saturated heterocycles. The molecular weight excluding hydrogens is 310 g/mol. The Morgan fingerprint density at radius 1 is 1.30 bits per heavy atom. The average Bonchev–Trinajstić information content (AvgIpc) is 3.01. The van der Waals surface area contributed by atoms with Crippen LogP contribution in [0, 0.1) is 0 Å². The third-order valence-electron chi connectivity index (χ3n) is 3.38. The molecule has 0 unspecified atom stereocenters. The van der Waals surface area contributed by atoms with Crippen molar-refractivity contribution in [1.82, 2.24) is 15.2 Å². The third kappa shape index (κ3) is 5.65. The zero-order valence-electron chi connectivity index (χ0n) is 13.8. The van der Waals surface area contributed by atoms with Crippen LogP contribution in [-0.4, -0.2) is 50.1 Å². The van der Waals surface area contributed by atoms with Gasteiger partial charge in [-0.05, 0) is 44.8 Å². The average molecular weight is 333 g/mol. The molecule has 6 heteroatoms. The zero-order valence-corrected chi connectivity index (χ0v) is 14.7. The SMILES string of the molecule is COc1ccc(-c2nc(CCC(=O)NCCN(C)C)cs2)cc1. The van der Waals surface area contributed by atoms with Crippen LogP contribution in [0.5, 0.6) is 5.75 Å². The smallest absolute Gasteiger partial charge is 0.220 e. The summed E-state index contributed by atoms with van der Waals surface area (Å²) in [5, 5.41) is 5.91. The van der Waals surface area contributed by atoms with Gasteiger partial charge in [0.25, 0.3) is 0 Å². The van der Waals surface area contributed by atoms with Crippen LogP contribution in [0.4, 0.5) is 0 Å². The first kappa shape index (κ1) is 17.4. The number of benzene rings is 1. The maximum atomic E-state index is 11.8. The van der Waals surface area contributed by atoms with Crippen molar-refractivity contribution in [2.75, 3.05) is 34.3 Å². The predicted octanol–water partition coefficient (Wildman–Crippen LogP) is 2.43. The van der Waals surface area contributed by atoms with E-state index in [1.54, 1.807) is 18.4 Å². The van der Waals surface area contributed by atoms with E-state index in [0.717, 1.165) is 28.6 Å². The molecule has 0 bridgehead atoms. The minimum absolute atomic E-state index is 0.0749. The van der Waals surface area contributed by atoms with Gasteiger partial charge in [0.2, 0.25) is 5.91 Å². The predicted molar refractivity (Wildman–Crippen MR) is 94.0 cm³/mol. The van der Waals surface area contributed by atoms with E-state index in [4.69, 9.17) is 4.74 Å². The maximum absolute atomic E-state index is 11.8. The summed E-state index contributed by atoms with van der Waals surface area (Å²) in [7, 11) is 5.63. The highest BCUT2D eigenvalue weighted by Gasteiger charge is 2.07. The van der Waals surface area contributed by atoms with E-state index in [-0.39, 0.29) is 5.91 Å². The van der Waals surface area contributed by atoms with Crippen LogP contribution < -0.4 is 10.1 Å².